The van der Waals surface area contributed by atoms with Crippen molar-refractivity contribution >= 4 is 11.9 Å². The van der Waals surface area contributed by atoms with Crippen LogP contribution in [0.2, 0.25) is 0 Å². The lowest BCUT2D eigenvalue weighted by molar-refractivity contribution is -0.141. The summed E-state index contributed by atoms with van der Waals surface area (Å²) in [6, 6.07) is -0.0719. The highest BCUT2D eigenvalue weighted by atomic mass is 16.4. The molecule has 0 radical (unpaired) electrons. The SMILES string of the molecule is CC1(C(=O)N[C@H]2CC[C@@H](C(=O)O)C2)CCCC1N. The molecule has 5 nitrogen and oxygen atoms in total. The van der Waals surface area contributed by atoms with Crippen LogP contribution in [0, 0.1) is 11.3 Å². The van der Waals surface area contributed by atoms with Crippen LogP contribution in [0.25, 0.3) is 0 Å². The van der Waals surface area contributed by atoms with Gasteiger partial charge in [0.2, 0.25) is 5.91 Å². The summed E-state index contributed by atoms with van der Waals surface area (Å²) in [4.78, 5) is 23.1. The van der Waals surface area contributed by atoms with Gasteiger partial charge in [0, 0.05) is 12.1 Å². The van der Waals surface area contributed by atoms with Gasteiger partial charge in [-0.1, -0.05) is 6.42 Å². The lowest BCUT2D eigenvalue weighted by Gasteiger charge is -2.29. The maximum atomic E-state index is 12.3. The summed E-state index contributed by atoms with van der Waals surface area (Å²) < 4.78 is 0. The molecule has 2 unspecified atom stereocenters. The van der Waals surface area contributed by atoms with Gasteiger partial charge in [-0.05, 0) is 39.0 Å². The summed E-state index contributed by atoms with van der Waals surface area (Å²) in [6.45, 7) is 1.92. The first-order valence-corrected chi connectivity index (χ1v) is 6.73. The van der Waals surface area contributed by atoms with Gasteiger partial charge in [-0.15, -0.1) is 0 Å². The highest BCUT2D eigenvalue weighted by Crippen LogP contribution is 2.37. The first-order chi connectivity index (χ1) is 8.43. The predicted molar refractivity (Wildman–Crippen MR) is 66.8 cm³/mol. The number of carboxylic acid groups (broad SMARTS) is 1. The molecule has 2 saturated carbocycles. The van der Waals surface area contributed by atoms with E-state index in [0.29, 0.717) is 12.8 Å². The van der Waals surface area contributed by atoms with Gasteiger partial charge in [-0.3, -0.25) is 9.59 Å². The van der Waals surface area contributed by atoms with Gasteiger partial charge >= 0.3 is 5.97 Å². The molecular weight excluding hydrogens is 232 g/mol. The molecule has 0 saturated heterocycles. The van der Waals surface area contributed by atoms with Crippen molar-refractivity contribution in [3.63, 3.8) is 0 Å². The normalized spacial score (nSPS) is 39.8. The molecule has 0 heterocycles. The van der Waals surface area contributed by atoms with Crippen molar-refractivity contribution in [1.29, 1.82) is 0 Å². The van der Waals surface area contributed by atoms with Gasteiger partial charge in [-0.25, -0.2) is 0 Å². The quantitative estimate of drug-likeness (QED) is 0.697. The second-order valence-corrected chi connectivity index (χ2v) is 5.93. The Morgan fingerprint density at radius 3 is 2.56 bits per heavy atom. The molecule has 0 aromatic heterocycles. The van der Waals surface area contributed by atoms with Crippen molar-refractivity contribution in [2.45, 2.75) is 57.5 Å². The topological polar surface area (TPSA) is 92.4 Å². The van der Waals surface area contributed by atoms with E-state index in [2.05, 4.69) is 5.32 Å². The lowest BCUT2D eigenvalue weighted by Crippen LogP contribution is -2.49. The second-order valence-electron chi connectivity index (χ2n) is 5.93. The third kappa shape index (κ3) is 2.36. The van der Waals surface area contributed by atoms with E-state index in [1.807, 2.05) is 6.92 Å². The van der Waals surface area contributed by atoms with Gasteiger partial charge < -0.3 is 16.2 Å². The molecule has 18 heavy (non-hydrogen) atoms. The van der Waals surface area contributed by atoms with E-state index < -0.39 is 11.4 Å². The molecule has 0 aromatic rings. The summed E-state index contributed by atoms with van der Waals surface area (Å²) in [6.07, 6.45) is 4.68. The van der Waals surface area contributed by atoms with Crippen molar-refractivity contribution in [2.24, 2.45) is 17.1 Å². The summed E-state index contributed by atoms with van der Waals surface area (Å²) in [5, 5.41) is 11.9. The van der Waals surface area contributed by atoms with Gasteiger partial charge in [-0.2, -0.15) is 0 Å². The Morgan fingerprint density at radius 2 is 2.06 bits per heavy atom. The minimum absolute atomic E-state index is 0.00299. The van der Waals surface area contributed by atoms with Gasteiger partial charge in [0.15, 0.2) is 0 Å². The Labute approximate surface area is 107 Å². The largest absolute Gasteiger partial charge is 0.481 e. The highest BCUT2D eigenvalue weighted by molar-refractivity contribution is 5.84. The number of hydrogen-bond acceptors (Lipinski definition) is 3. The van der Waals surface area contributed by atoms with Crippen LogP contribution < -0.4 is 11.1 Å². The number of hydrogen-bond donors (Lipinski definition) is 3. The number of nitrogens with one attached hydrogen (secondary N) is 1. The number of carboxylic acids is 1. The Bertz CT molecular complexity index is 358. The van der Waals surface area contributed by atoms with Crippen molar-refractivity contribution in [3.05, 3.63) is 0 Å². The molecule has 2 aliphatic carbocycles. The number of aliphatic carboxylic acids is 1. The molecule has 4 atom stereocenters. The van der Waals surface area contributed by atoms with Crippen molar-refractivity contribution in [1.82, 2.24) is 5.32 Å². The van der Waals surface area contributed by atoms with Crippen LogP contribution in [0.15, 0.2) is 0 Å². The molecule has 2 rings (SSSR count). The average Bonchev–Trinajstić information content (AvgIpc) is 2.88. The molecule has 2 aliphatic rings. The third-order valence-corrected chi connectivity index (χ3v) is 4.67. The number of carbonyl (C=O) groups is 2. The Morgan fingerprint density at radius 1 is 1.33 bits per heavy atom. The number of carbonyl (C=O) groups excluding carboxylic acids is 1. The van der Waals surface area contributed by atoms with Crippen LogP contribution in [0.5, 0.6) is 0 Å². The van der Waals surface area contributed by atoms with Crippen LogP contribution >= 0.6 is 0 Å². The molecule has 0 aromatic carbocycles. The molecule has 5 heteroatoms. The molecule has 1 amide bonds. The van der Waals surface area contributed by atoms with E-state index in [-0.39, 0.29) is 23.9 Å². The zero-order valence-electron chi connectivity index (χ0n) is 10.8. The van der Waals surface area contributed by atoms with Crippen molar-refractivity contribution < 1.29 is 14.7 Å². The number of amides is 1. The zero-order valence-corrected chi connectivity index (χ0v) is 10.8. The fourth-order valence-electron chi connectivity index (χ4n) is 3.16. The van der Waals surface area contributed by atoms with E-state index in [0.717, 1.165) is 25.7 Å². The van der Waals surface area contributed by atoms with Crippen LogP contribution in [0.3, 0.4) is 0 Å². The maximum Gasteiger partial charge on any atom is 0.306 e. The molecule has 0 spiro atoms. The predicted octanol–water partition coefficient (Wildman–Crippen LogP) is 0.873. The van der Waals surface area contributed by atoms with Crippen molar-refractivity contribution in [2.75, 3.05) is 0 Å². The van der Waals surface area contributed by atoms with Crippen molar-refractivity contribution in [3.8, 4) is 0 Å². The minimum atomic E-state index is -0.754. The van der Waals surface area contributed by atoms with E-state index in [1.54, 1.807) is 0 Å². The number of rotatable bonds is 3. The smallest absolute Gasteiger partial charge is 0.306 e. The first-order valence-electron chi connectivity index (χ1n) is 6.73. The van der Waals surface area contributed by atoms with E-state index >= 15 is 0 Å². The van der Waals surface area contributed by atoms with Gasteiger partial charge in [0.25, 0.3) is 0 Å². The van der Waals surface area contributed by atoms with Crippen LogP contribution in [0.4, 0.5) is 0 Å². The third-order valence-electron chi connectivity index (χ3n) is 4.67. The lowest BCUT2D eigenvalue weighted by atomic mass is 9.84. The number of nitrogens with two attached hydrogens (primary N) is 1. The standard InChI is InChI=1S/C13H22N2O3/c1-13(6-2-3-10(13)14)12(18)15-9-5-4-8(7-9)11(16)17/h8-10H,2-7,14H2,1H3,(H,15,18)(H,16,17)/t8-,9+,10?,13?/m1/s1. The summed E-state index contributed by atoms with van der Waals surface area (Å²) >= 11 is 0. The van der Waals surface area contributed by atoms with Crippen LogP contribution in [-0.4, -0.2) is 29.1 Å². The first kappa shape index (κ1) is 13.3. The maximum absolute atomic E-state index is 12.3. The Kier molecular flexibility index (Phi) is 3.61. The fraction of sp³-hybridized carbons (Fsp3) is 0.846. The molecule has 102 valence electrons. The van der Waals surface area contributed by atoms with E-state index in [4.69, 9.17) is 10.8 Å². The summed E-state index contributed by atoms with van der Waals surface area (Å²) in [5.41, 5.74) is 5.54. The van der Waals surface area contributed by atoms with Crippen LogP contribution in [0.1, 0.15) is 45.4 Å². The van der Waals surface area contributed by atoms with E-state index in [9.17, 15) is 9.59 Å². The molecule has 0 aliphatic heterocycles. The fourth-order valence-corrected chi connectivity index (χ4v) is 3.16. The molecule has 2 fully saturated rings. The summed E-state index contributed by atoms with van der Waals surface area (Å²) in [5.74, 6) is -1.06. The Balaban J connectivity index is 1.91. The highest BCUT2D eigenvalue weighted by Gasteiger charge is 2.44. The van der Waals surface area contributed by atoms with E-state index in [1.165, 1.54) is 0 Å². The molecule has 4 N–H and O–H groups in total. The second kappa shape index (κ2) is 4.88. The average molecular weight is 254 g/mol. The molecule has 0 bridgehead atoms. The minimum Gasteiger partial charge on any atom is -0.481 e. The molecular formula is C13H22N2O3. The van der Waals surface area contributed by atoms with Gasteiger partial charge in [0.05, 0.1) is 11.3 Å². The van der Waals surface area contributed by atoms with Crippen LogP contribution in [-0.2, 0) is 9.59 Å². The monoisotopic (exact) mass is 254 g/mol. The van der Waals surface area contributed by atoms with Gasteiger partial charge in [0.1, 0.15) is 0 Å². The Hall–Kier alpha value is -1.10. The zero-order chi connectivity index (χ0) is 13.3. The summed E-state index contributed by atoms with van der Waals surface area (Å²) in [7, 11) is 0.